The Morgan fingerprint density at radius 3 is 1.53 bits per heavy atom. The fraction of sp³-hybridized carbons (Fsp3) is 0. The van der Waals surface area contributed by atoms with Gasteiger partial charge in [-0.1, -0.05) is 121 Å². The van der Waals surface area contributed by atoms with E-state index in [9.17, 15) is 0 Å². The van der Waals surface area contributed by atoms with E-state index in [-0.39, 0.29) is 28.6 Å². The first kappa shape index (κ1) is 23.2. The third-order valence-electron chi connectivity index (χ3n) is 10.5. The second-order valence-electron chi connectivity index (χ2n) is 13.7. The van der Waals surface area contributed by atoms with Crippen LogP contribution in [-0.2, 0) is 0 Å². The molecular weight excluding hydrogens is 699 g/mol. The molecule has 12 rings (SSSR count). The second-order valence-corrected chi connectivity index (χ2v) is 13.7. The molecule has 0 aliphatic carbocycles. The number of nitrogens with zero attached hydrogens (tertiary/aromatic N) is 5. The van der Waals surface area contributed by atoms with Crippen molar-refractivity contribution in [2.24, 2.45) is 0 Å². The molecule has 0 radical (unpaired) electrons. The van der Waals surface area contributed by atoms with Crippen LogP contribution in [0, 0.1) is 0 Å². The molecule has 0 aliphatic heterocycles. The molecule has 0 unspecified atom stereocenters. The van der Waals surface area contributed by atoms with Crippen LogP contribution in [0.5, 0.6) is 0 Å². The van der Waals surface area contributed by atoms with Crippen LogP contribution in [0.15, 0.2) is 192 Å². The zero-order chi connectivity index (χ0) is 46.2. The monoisotopic (exact) mass is 739 g/mol. The van der Waals surface area contributed by atoms with E-state index in [1.165, 1.54) is 0 Å². The van der Waals surface area contributed by atoms with Gasteiger partial charge in [-0.15, -0.1) is 0 Å². The van der Waals surface area contributed by atoms with Crippen LogP contribution in [0.3, 0.4) is 0 Å². The molecule has 4 heterocycles. The summed E-state index contributed by atoms with van der Waals surface area (Å²) < 4.78 is 95.3. The third kappa shape index (κ3) is 4.94. The largest absolute Gasteiger partial charge is 0.456 e. The molecule has 0 amide bonds. The lowest BCUT2D eigenvalue weighted by molar-refractivity contribution is 0.669. The Labute approximate surface area is 340 Å². The van der Waals surface area contributed by atoms with Gasteiger partial charge in [-0.05, 0) is 66.7 Å². The van der Waals surface area contributed by atoms with Crippen molar-refractivity contribution >= 4 is 65.6 Å². The van der Waals surface area contributed by atoms with E-state index in [4.69, 9.17) is 18.1 Å². The van der Waals surface area contributed by atoms with Crippen LogP contribution >= 0.6 is 0 Å². The van der Waals surface area contributed by atoms with Crippen molar-refractivity contribution in [2.45, 2.75) is 0 Å². The zero-order valence-corrected chi connectivity index (χ0v) is 29.8. The van der Waals surface area contributed by atoms with Gasteiger partial charge in [0.25, 0.3) is 0 Å². The first-order valence-electron chi connectivity index (χ1n) is 23.3. The second kappa shape index (κ2) is 12.3. The standard InChI is InChI=1S/C51H31N5O/c1-4-14-32(15-5-1)49-52-50(33-16-6-2-7-17-33)54-51(53-49)34-24-26-39-42-29-36(25-27-47(42)57-48(39)28-34)56-44-23-13-11-21-38(44)41-30-45-40(31-46(41)56)37-20-10-12-22-43(37)55(45)35-18-8-3-9-19-35/h1-31H/i1D,2D,4D,5D,6D,7D,14D,15D,16D,17D. The van der Waals surface area contributed by atoms with Gasteiger partial charge in [0, 0.05) is 60.4 Å². The van der Waals surface area contributed by atoms with Crippen molar-refractivity contribution in [1.29, 1.82) is 0 Å². The Balaban J connectivity index is 1.04. The first-order chi connectivity index (χ1) is 32.4. The number of rotatable bonds is 5. The fourth-order valence-electron chi connectivity index (χ4n) is 8.06. The van der Waals surface area contributed by atoms with Crippen LogP contribution in [0.1, 0.15) is 13.7 Å². The SMILES string of the molecule is [2H]c1c([2H])c([2H])c(-c2nc(-c3ccc4c(c3)oc3ccc(-n5c6ccccc6c6cc7c(cc65)c5ccccc5n7-c5ccccc5)cc34)nc(-c3c([2H])c([2H])c([2H])c([2H])c3[2H])n2)c([2H])c1[2H]. The Morgan fingerprint density at radius 2 is 0.912 bits per heavy atom. The highest BCUT2D eigenvalue weighted by atomic mass is 16.3. The van der Waals surface area contributed by atoms with Gasteiger partial charge < -0.3 is 13.6 Å². The van der Waals surface area contributed by atoms with Crippen molar-refractivity contribution in [3.05, 3.63) is 188 Å². The maximum atomic E-state index is 8.68. The number of hydrogen-bond acceptors (Lipinski definition) is 4. The fourth-order valence-corrected chi connectivity index (χ4v) is 8.06. The minimum absolute atomic E-state index is 0.0492. The zero-order valence-electron chi connectivity index (χ0n) is 39.8. The minimum atomic E-state index is -0.616. The molecule has 57 heavy (non-hydrogen) atoms. The number of aromatic nitrogens is 5. The summed E-state index contributed by atoms with van der Waals surface area (Å²) in [6, 6.07) is 37.1. The average molecular weight is 740 g/mol. The van der Waals surface area contributed by atoms with Crippen LogP contribution < -0.4 is 0 Å². The van der Waals surface area contributed by atoms with Gasteiger partial charge in [-0.25, -0.2) is 15.0 Å². The summed E-state index contributed by atoms with van der Waals surface area (Å²) in [5.74, 6) is -0.732. The molecule has 4 aromatic heterocycles. The molecule has 0 N–H and O–H groups in total. The van der Waals surface area contributed by atoms with E-state index in [1.807, 2.05) is 30.3 Å². The summed E-state index contributed by atoms with van der Waals surface area (Å²) in [6.07, 6.45) is 0. The quantitative estimate of drug-likeness (QED) is 0.176. The van der Waals surface area contributed by atoms with E-state index < -0.39 is 60.4 Å². The summed E-state index contributed by atoms with van der Waals surface area (Å²) >= 11 is 0. The Morgan fingerprint density at radius 1 is 0.368 bits per heavy atom. The molecule has 12 aromatic rings. The van der Waals surface area contributed by atoms with E-state index in [2.05, 4.69) is 109 Å². The number of fused-ring (bicyclic) bond motifs is 9. The van der Waals surface area contributed by atoms with Crippen molar-refractivity contribution in [3.63, 3.8) is 0 Å². The van der Waals surface area contributed by atoms with E-state index in [0.29, 0.717) is 16.7 Å². The van der Waals surface area contributed by atoms with Crippen LogP contribution in [0.4, 0.5) is 0 Å². The molecule has 0 atom stereocenters. The lowest BCUT2D eigenvalue weighted by atomic mass is 10.1. The van der Waals surface area contributed by atoms with Gasteiger partial charge in [-0.3, -0.25) is 0 Å². The van der Waals surface area contributed by atoms with Crippen molar-refractivity contribution in [3.8, 4) is 45.5 Å². The van der Waals surface area contributed by atoms with Crippen molar-refractivity contribution < 1.29 is 18.1 Å². The smallest absolute Gasteiger partial charge is 0.164 e. The molecule has 0 spiro atoms. The van der Waals surface area contributed by atoms with Crippen LogP contribution in [-0.4, -0.2) is 24.1 Å². The third-order valence-corrected chi connectivity index (χ3v) is 10.5. The van der Waals surface area contributed by atoms with Gasteiger partial charge >= 0.3 is 0 Å². The molecule has 0 saturated carbocycles. The van der Waals surface area contributed by atoms with Crippen LogP contribution in [0.2, 0.25) is 0 Å². The van der Waals surface area contributed by atoms with E-state index >= 15 is 0 Å². The molecule has 0 aliphatic rings. The molecule has 0 saturated heterocycles. The summed E-state index contributed by atoms with van der Waals surface area (Å²) in [6.45, 7) is 0. The summed E-state index contributed by atoms with van der Waals surface area (Å²) in [7, 11) is 0. The molecule has 0 bridgehead atoms. The van der Waals surface area contributed by atoms with Gasteiger partial charge in [0.05, 0.1) is 35.8 Å². The number of hydrogen-bond donors (Lipinski definition) is 0. The Bertz CT molecular complexity index is 3980. The average Bonchev–Trinajstić information content (AvgIpc) is 4.00. The Hall–Kier alpha value is -7.83. The maximum absolute atomic E-state index is 8.68. The number of furan rings is 1. The summed E-state index contributed by atoms with van der Waals surface area (Å²) in [5, 5.41) is 6.09. The highest BCUT2D eigenvalue weighted by Crippen LogP contribution is 2.41. The van der Waals surface area contributed by atoms with Crippen LogP contribution in [0.25, 0.3) is 111 Å². The number of para-hydroxylation sites is 3. The molecule has 6 nitrogen and oxygen atoms in total. The molecular formula is C51H31N5O. The molecule has 0 fully saturated rings. The lowest BCUT2D eigenvalue weighted by Crippen LogP contribution is -2.00. The van der Waals surface area contributed by atoms with Gasteiger partial charge in [0.2, 0.25) is 0 Å². The summed E-state index contributed by atoms with van der Waals surface area (Å²) in [4.78, 5) is 13.6. The Kier molecular flexibility index (Phi) is 5.02. The molecule has 8 aromatic carbocycles. The predicted molar refractivity (Wildman–Crippen MR) is 232 cm³/mol. The van der Waals surface area contributed by atoms with E-state index in [1.54, 1.807) is 12.1 Å². The highest BCUT2D eigenvalue weighted by molar-refractivity contribution is 6.19. The molecule has 266 valence electrons. The van der Waals surface area contributed by atoms with E-state index in [0.717, 1.165) is 65.8 Å². The highest BCUT2D eigenvalue weighted by Gasteiger charge is 2.20. The maximum Gasteiger partial charge on any atom is 0.164 e. The van der Waals surface area contributed by atoms with Gasteiger partial charge in [0.15, 0.2) is 17.5 Å². The predicted octanol–water partition coefficient (Wildman–Crippen LogP) is 13.0. The minimum Gasteiger partial charge on any atom is -0.456 e. The van der Waals surface area contributed by atoms with Crippen molar-refractivity contribution in [1.82, 2.24) is 24.1 Å². The lowest BCUT2D eigenvalue weighted by Gasteiger charge is -2.09. The topological polar surface area (TPSA) is 61.7 Å². The first-order valence-corrected chi connectivity index (χ1v) is 18.3. The molecule has 6 heteroatoms. The van der Waals surface area contributed by atoms with Gasteiger partial charge in [0.1, 0.15) is 11.2 Å². The normalized spacial score (nSPS) is 14.3. The van der Waals surface area contributed by atoms with Gasteiger partial charge in [-0.2, -0.15) is 0 Å². The number of benzene rings is 8. The van der Waals surface area contributed by atoms with Crippen molar-refractivity contribution in [2.75, 3.05) is 0 Å². The summed E-state index contributed by atoms with van der Waals surface area (Å²) in [5.41, 5.74) is 7.07.